The first kappa shape index (κ1) is 13.0. The van der Waals surface area contributed by atoms with Gasteiger partial charge in [0.25, 0.3) is 0 Å². The molecule has 1 amide bonds. The molecule has 1 N–H and O–H groups in total. The SMILES string of the molecule is CN1C(=O)Cc2cc(Nc3ncccc3[N+](=O)[O-])ccc21. The predicted molar refractivity (Wildman–Crippen MR) is 77.7 cm³/mol. The molecule has 7 heteroatoms. The summed E-state index contributed by atoms with van der Waals surface area (Å²) in [5.41, 5.74) is 2.33. The minimum atomic E-state index is -0.486. The van der Waals surface area contributed by atoms with Crippen LogP contribution in [0.15, 0.2) is 36.5 Å². The number of nitro groups is 1. The summed E-state index contributed by atoms with van der Waals surface area (Å²) in [6.07, 6.45) is 1.83. The number of carbonyl (C=O) groups is 1. The molecule has 1 aromatic heterocycles. The molecule has 0 spiro atoms. The minimum Gasteiger partial charge on any atom is -0.334 e. The fourth-order valence-corrected chi connectivity index (χ4v) is 2.33. The molecule has 2 aromatic rings. The Hall–Kier alpha value is -2.96. The summed E-state index contributed by atoms with van der Waals surface area (Å²) in [5, 5.41) is 13.9. The topological polar surface area (TPSA) is 88.4 Å². The van der Waals surface area contributed by atoms with E-state index in [0.717, 1.165) is 11.3 Å². The number of likely N-dealkylation sites (N-methyl/N-ethyl adjacent to an activating group) is 1. The van der Waals surface area contributed by atoms with Crippen LogP contribution in [0.3, 0.4) is 0 Å². The monoisotopic (exact) mass is 284 g/mol. The highest BCUT2D eigenvalue weighted by atomic mass is 16.6. The van der Waals surface area contributed by atoms with Gasteiger partial charge in [0.15, 0.2) is 0 Å². The molecule has 0 bridgehead atoms. The van der Waals surface area contributed by atoms with Crippen molar-refractivity contribution in [1.29, 1.82) is 0 Å². The van der Waals surface area contributed by atoms with Crippen molar-refractivity contribution < 1.29 is 9.72 Å². The molecular formula is C14H12N4O3. The van der Waals surface area contributed by atoms with Crippen molar-refractivity contribution in [2.24, 2.45) is 0 Å². The second-order valence-electron chi connectivity index (χ2n) is 4.73. The van der Waals surface area contributed by atoms with Gasteiger partial charge in [-0.3, -0.25) is 14.9 Å². The number of carbonyl (C=O) groups excluding carboxylic acids is 1. The Bertz CT molecular complexity index is 745. The molecule has 0 radical (unpaired) electrons. The van der Waals surface area contributed by atoms with E-state index in [1.165, 1.54) is 18.3 Å². The van der Waals surface area contributed by atoms with E-state index in [-0.39, 0.29) is 17.4 Å². The van der Waals surface area contributed by atoms with E-state index in [1.807, 2.05) is 12.1 Å². The lowest BCUT2D eigenvalue weighted by Crippen LogP contribution is -2.20. The lowest BCUT2D eigenvalue weighted by atomic mass is 10.1. The average Bonchev–Trinajstić information content (AvgIpc) is 2.74. The highest BCUT2D eigenvalue weighted by Gasteiger charge is 2.24. The van der Waals surface area contributed by atoms with Crippen LogP contribution in [0.2, 0.25) is 0 Å². The summed E-state index contributed by atoms with van der Waals surface area (Å²) in [4.78, 5) is 27.7. The summed E-state index contributed by atoms with van der Waals surface area (Å²) in [5.74, 6) is 0.214. The minimum absolute atomic E-state index is 0.0333. The number of anilines is 3. The van der Waals surface area contributed by atoms with Crippen molar-refractivity contribution >= 4 is 28.8 Å². The van der Waals surface area contributed by atoms with E-state index < -0.39 is 4.92 Å². The Labute approximate surface area is 120 Å². The molecule has 7 nitrogen and oxygen atoms in total. The quantitative estimate of drug-likeness (QED) is 0.689. The summed E-state index contributed by atoms with van der Waals surface area (Å²) in [7, 11) is 1.73. The Morgan fingerprint density at radius 3 is 2.95 bits per heavy atom. The molecule has 1 aliphatic heterocycles. The highest BCUT2D eigenvalue weighted by molar-refractivity contribution is 6.01. The predicted octanol–water partition coefficient (Wildman–Crippen LogP) is 2.25. The van der Waals surface area contributed by atoms with E-state index in [2.05, 4.69) is 10.3 Å². The summed E-state index contributed by atoms with van der Waals surface area (Å²) < 4.78 is 0. The molecule has 21 heavy (non-hydrogen) atoms. The Morgan fingerprint density at radius 2 is 2.19 bits per heavy atom. The number of nitrogens with one attached hydrogen (secondary N) is 1. The number of nitrogens with zero attached hydrogens (tertiary/aromatic N) is 3. The van der Waals surface area contributed by atoms with Crippen molar-refractivity contribution in [3.63, 3.8) is 0 Å². The van der Waals surface area contributed by atoms with Gasteiger partial charge in [0.1, 0.15) is 0 Å². The van der Waals surface area contributed by atoms with Gasteiger partial charge in [-0.1, -0.05) is 0 Å². The van der Waals surface area contributed by atoms with Crippen LogP contribution >= 0.6 is 0 Å². The van der Waals surface area contributed by atoms with Crippen molar-refractivity contribution in [2.75, 3.05) is 17.3 Å². The Kier molecular flexibility index (Phi) is 3.02. The van der Waals surface area contributed by atoms with E-state index in [4.69, 9.17) is 0 Å². The third kappa shape index (κ3) is 2.29. The molecule has 0 atom stereocenters. The zero-order valence-electron chi connectivity index (χ0n) is 11.2. The van der Waals surface area contributed by atoms with Gasteiger partial charge in [-0.25, -0.2) is 4.98 Å². The fraction of sp³-hybridized carbons (Fsp3) is 0.143. The highest BCUT2D eigenvalue weighted by Crippen LogP contribution is 2.32. The number of amides is 1. The van der Waals surface area contributed by atoms with E-state index in [9.17, 15) is 14.9 Å². The molecule has 0 saturated heterocycles. The van der Waals surface area contributed by atoms with Gasteiger partial charge in [0.05, 0.1) is 11.3 Å². The molecule has 1 aliphatic rings. The standard InChI is InChI=1S/C14H12N4O3/c1-17-11-5-4-10(7-9(11)8-13(17)19)16-14-12(18(20)21)3-2-6-15-14/h2-7H,8H2,1H3,(H,15,16). The van der Waals surface area contributed by atoms with Crippen molar-refractivity contribution in [1.82, 2.24) is 4.98 Å². The van der Waals surface area contributed by atoms with E-state index in [0.29, 0.717) is 12.1 Å². The lowest BCUT2D eigenvalue weighted by molar-refractivity contribution is -0.384. The van der Waals surface area contributed by atoms with Crippen LogP contribution in [0.25, 0.3) is 0 Å². The molecule has 0 unspecified atom stereocenters. The number of aromatic nitrogens is 1. The van der Waals surface area contributed by atoms with Gasteiger partial charge in [-0.2, -0.15) is 0 Å². The molecule has 106 valence electrons. The Balaban J connectivity index is 1.93. The molecule has 0 fully saturated rings. The van der Waals surface area contributed by atoms with Gasteiger partial charge in [0.2, 0.25) is 11.7 Å². The maximum absolute atomic E-state index is 11.6. The second-order valence-corrected chi connectivity index (χ2v) is 4.73. The number of benzene rings is 1. The molecule has 0 saturated carbocycles. The smallest absolute Gasteiger partial charge is 0.311 e. The van der Waals surface area contributed by atoms with Gasteiger partial charge in [0, 0.05) is 30.7 Å². The first-order chi connectivity index (χ1) is 10.1. The maximum atomic E-state index is 11.6. The third-order valence-electron chi connectivity index (χ3n) is 3.40. The lowest BCUT2D eigenvalue weighted by Gasteiger charge is -2.11. The van der Waals surface area contributed by atoms with Crippen molar-refractivity contribution in [3.05, 3.63) is 52.2 Å². The van der Waals surface area contributed by atoms with E-state index >= 15 is 0 Å². The second kappa shape index (κ2) is 4.86. The Morgan fingerprint density at radius 1 is 1.38 bits per heavy atom. The summed E-state index contributed by atoms with van der Waals surface area (Å²) in [6.45, 7) is 0. The number of fused-ring (bicyclic) bond motifs is 1. The largest absolute Gasteiger partial charge is 0.334 e. The van der Waals surface area contributed by atoms with E-state index in [1.54, 1.807) is 18.0 Å². The molecule has 3 rings (SSSR count). The molecular weight excluding hydrogens is 272 g/mol. The van der Waals surface area contributed by atoms with Crippen molar-refractivity contribution in [2.45, 2.75) is 6.42 Å². The van der Waals surface area contributed by atoms with Crippen LogP contribution in [0, 0.1) is 10.1 Å². The third-order valence-corrected chi connectivity index (χ3v) is 3.40. The van der Waals surface area contributed by atoms with Crippen LogP contribution in [-0.2, 0) is 11.2 Å². The fourth-order valence-electron chi connectivity index (χ4n) is 2.33. The first-order valence-corrected chi connectivity index (χ1v) is 6.32. The average molecular weight is 284 g/mol. The van der Waals surface area contributed by atoms with Gasteiger partial charge in [-0.15, -0.1) is 0 Å². The molecule has 0 aliphatic carbocycles. The number of hydrogen-bond acceptors (Lipinski definition) is 5. The number of rotatable bonds is 3. The van der Waals surface area contributed by atoms with Gasteiger partial charge >= 0.3 is 5.69 Å². The molecule has 2 heterocycles. The van der Waals surface area contributed by atoms with Crippen LogP contribution in [0.4, 0.5) is 22.9 Å². The first-order valence-electron chi connectivity index (χ1n) is 6.32. The van der Waals surface area contributed by atoms with Crippen LogP contribution in [-0.4, -0.2) is 22.9 Å². The normalized spacial score (nSPS) is 13.2. The summed E-state index contributed by atoms with van der Waals surface area (Å²) in [6, 6.07) is 8.30. The van der Waals surface area contributed by atoms with Crippen LogP contribution < -0.4 is 10.2 Å². The maximum Gasteiger partial charge on any atom is 0.311 e. The van der Waals surface area contributed by atoms with Crippen molar-refractivity contribution in [3.8, 4) is 0 Å². The van der Waals surface area contributed by atoms with Gasteiger partial charge in [-0.05, 0) is 29.8 Å². The summed E-state index contributed by atoms with van der Waals surface area (Å²) >= 11 is 0. The zero-order chi connectivity index (χ0) is 15.0. The number of hydrogen-bond donors (Lipinski definition) is 1. The van der Waals surface area contributed by atoms with Crippen LogP contribution in [0.1, 0.15) is 5.56 Å². The van der Waals surface area contributed by atoms with Crippen LogP contribution in [0.5, 0.6) is 0 Å². The van der Waals surface area contributed by atoms with Gasteiger partial charge < -0.3 is 10.2 Å². The molecule has 1 aromatic carbocycles. The number of pyridine rings is 1. The zero-order valence-corrected chi connectivity index (χ0v) is 11.2.